The molecule has 0 fully saturated rings. The first-order chi connectivity index (χ1) is 7.75. The van der Waals surface area contributed by atoms with E-state index >= 15 is 0 Å². The third-order valence-electron chi connectivity index (χ3n) is 2.46. The van der Waals surface area contributed by atoms with Crippen LogP contribution in [0.15, 0.2) is 42.5 Å². The molecular weight excluding hydrogens is 198 g/mol. The van der Waals surface area contributed by atoms with Crippen LogP contribution in [0.5, 0.6) is 0 Å². The molecule has 0 aliphatic heterocycles. The topological polar surface area (TPSA) is 61.9 Å². The van der Waals surface area contributed by atoms with E-state index in [-0.39, 0.29) is 5.84 Å². The fourth-order valence-corrected chi connectivity index (χ4v) is 1.69. The largest absolute Gasteiger partial charge is 0.387 e. The number of nitrogens with two attached hydrogens (primary N) is 1. The van der Waals surface area contributed by atoms with Crippen LogP contribution in [0.1, 0.15) is 5.56 Å². The Kier molecular flexibility index (Phi) is 3.17. The van der Waals surface area contributed by atoms with Gasteiger partial charge in [-0.2, -0.15) is 0 Å². The molecule has 0 amide bonds. The average molecular weight is 213 g/mol. The van der Waals surface area contributed by atoms with Crippen LogP contribution in [0.25, 0.3) is 10.8 Å². The first-order valence-electron chi connectivity index (χ1n) is 5.27. The Morgan fingerprint density at radius 1 is 1.12 bits per heavy atom. The van der Waals surface area contributed by atoms with Crippen LogP contribution in [-0.4, -0.2) is 12.4 Å². The quantitative estimate of drug-likeness (QED) is 0.536. The minimum atomic E-state index is 0.167. The van der Waals surface area contributed by atoms with Gasteiger partial charge in [-0.15, -0.1) is 0 Å². The molecule has 16 heavy (non-hydrogen) atoms. The Labute approximate surface area is 94.8 Å². The summed E-state index contributed by atoms with van der Waals surface area (Å²) in [5.74, 6) is 0.167. The smallest absolute Gasteiger partial charge is 0.105 e. The van der Waals surface area contributed by atoms with E-state index in [2.05, 4.69) is 35.6 Å². The van der Waals surface area contributed by atoms with Crippen LogP contribution in [0, 0.1) is 5.41 Å². The minimum Gasteiger partial charge on any atom is -0.387 e. The van der Waals surface area contributed by atoms with Crippen LogP contribution in [-0.2, 0) is 6.54 Å². The first-order valence-corrected chi connectivity index (χ1v) is 5.27. The van der Waals surface area contributed by atoms with Crippen molar-refractivity contribution in [3.63, 3.8) is 0 Å². The maximum Gasteiger partial charge on any atom is 0.105 e. The zero-order chi connectivity index (χ0) is 11.4. The zero-order valence-corrected chi connectivity index (χ0v) is 9.03. The van der Waals surface area contributed by atoms with Gasteiger partial charge < -0.3 is 11.1 Å². The van der Waals surface area contributed by atoms with Crippen molar-refractivity contribution in [1.82, 2.24) is 5.32 Å². The van der Waals surface area contributed by atoms with Gasteiger partial charge in [0.25, 0.3) is 0 Å². The molecule has 0 atom stereocenters. The molecule has 0 aromatic heterocycles. The molecule has 0 radical (unpaired) electrons. The van der Waals surface area contributed by atoms with Crippen molar-refractivity contribution < 1.29 is 0 Å². The predicted molar refractivity (Wildman–Crippen MR) is 67.6 cm³/mol. The second kappa shape index (κ2) is 4.77. The fraction of sp³-hybridized carbons (Fsp3) is 0.154. The summed E-state index contributed by atoms with van der Waals surface area (Å²) >= 11 is 0. The predicted octanol–water partition coefficient (Wildman–Crippen LogP) is 1.87. The lowest BCUT2D eigenvalue weighted by molar-refractivity contribution is 0.772. The van der Waals surface area contributed by atoms with Crippen LogP contribution >= 0.6 is 0 Å². The Hall–Kier alpha value is -1.87. The monoisotopic (exact) mass is 213 g/mol. The molecule has 0 aliphatic rings. The van der Waals surface area contributed by atoms with Gasteiger partial charge in [0.2, 0.25) is 0 Å². The molecule has 0 saturated heterocycles. The molecule has 2 rings (SSSR count). The van der Waals surface area contributed by atoms with Crippen LogP contribution in [0.4, 0.5) is 0 Å². The van der Waals surface area contributed by atoms with Crippen LogP contribution in [0.3, 0.4) is 0 Å². The molecule has 3 nitrogen and oxygen atoms in total. The summed E-state index contributed by atoms with van der Waals surface area (Å²) in [4.78, 5) is 0. The Bertz CT molecular complexity index is 505. The van der Waals surface area contributed by atoms with Crippen molar-refractivity contribution in [2.45, 2.75) is 6.54 Å². The van der Waals surface area contributed by atoms with Crippen molar-refractivity contribution in [2.24, 2.45) is 5.73 Å². The highest BCUT2D eigenvalue weighted by molar-refractivity contribution is 5.83. The fourth-order valence-electron chi connectivity index (χ4n) is 1.69. The van der Waals surface area contributed by atoms with E-state index in [1.807, 2.05) is 12.1 Å². The minimum absolute atomic E-state index is 0.167. The molecule has 2 aromatic carbocycles. The summed E-state index contributed by atoms with van der Waals surface area (Å²) in [5, 5.41) is 12.7. The molecule has 0 saturated carbocycles. The van der Waals surface area contributed by atoms with Crippen LogP contribution in [0.2, 0.25) is 0 Å². The Morgan fingerprint density at radius 2 is 1.88 bits per heavy atom. The number of nitrogens with one attached hydrogen (secondary N) is 2. The van der Waals surface area contributed by atoms with Crippen molar-refractivity contribution in [3.05, 3.63) is 48.0 Å². The summed E-state index contributed by atoms with van der Waals surface area (Å²) in [7, 11) is 0. The first kappa shape index (κ1) is 10.6. The van der Waals surface area contributed by atoms with Gasteiger partial charge in [-0.1, -0.05) is 36.4 Å². The number of amidine groups is 1. The summed E-state index contributed by atoms with van der Waals surface area (Å²) in [6.45, 7) is 1.18. The third kappa shape index (κ3) is 2.58. The van der Waals surface area contributed by atoms with Crippen LogP contribution < -0.4 is 11.1 Å². The molecule has 3 heteroatoms. The molecule has 82 valence electrons. The van der Waals surface area contributed by atoms with Gasteiger partial charge in [0, 0.05) is 6.54 Å². The highest BCUT2D eigenvalue weighted by atomic mass is 14.9. The molecule has 0 unspecified atom stereocenters. The van der Waals surface area contributed by atoms with E-state index in [0.29, 0.717) is 6.54 Å². The van der Waals surface area contributed by atoms with Crippen molar-refractivity contribution in [1.29, 1.82) is 5.41 Å². The lowest BCUT2D eigenvalue weighted by Crippen LogP contribution is -2.27. The van der Waals surface area contributed by atoms with Gasteiger partial charge in [0.15, 0.2) is 0 Å². The molecule has 0 heterocycles. The molecule has 4 N–H and O–H groups in total. The van der Waals surface area contributed by atoms with Gasteiger partial charge in [-0.05, 0) is 22.4 Å². The van der Waals surface area contributed by atoms with Gasteiger partial charge in [0.05, 0.1) is 6.54 Å². The second-order valence-corrected chi connectivity index (χ2v) is 3.81. The average Bonchev–Trinajstić information content (AvgIpc) is 2.28. The molecule has 0 spiro atoms. The van der Waals surface area contributed by atoms with Crippen molar-refractivity contribution in [3.8, 4) is 0 Å². The number of hydrogen-bond donors (Lipinski definition) is 3. The Balaban J connectivity index is 2.10. The SMILES string of the molecule is N=C(N)CNCc1ccc2ccccc2c1. The molecule has 0 bridgehead atoms. The summed E-state index contributed by atoms with van der Waals surface area (Å²) in [6, 6.07) is 14.6. The standard InChI is InChI=1S/C13H15N3/c14-13(15)9-16-8-10-5-6-11-3-1-2-4-12(11)7-10/h1-7,16H,8-9H2,(H3,14,15). The maximum absolute atomic E-state index is 7.11. The van der Waals surface area contributed by atoms with Gasteiger partial charge in [-0.25, -0.2) is 0 Å². The molecule has 2 aromatic rings. The summed E-state index contributed by atoms with van der Waals surface area (Å²) in [6.07, 6.45) is 0. The number of rotatable bonds is 4. The summed E-state index contributed by atoms with van der Waals surface area (Å²) in [5.41, 5.74) is 6.48. The normalized spacial score (nSPS) is 10.5. The van der Waals surface area contributed by atoms with Gasteiger partial charge in [0.1, 0.15) is 5.84 Å². The molecule has 0 aliphatic carbocycles. The highest BCUT2D eigenvalue weighted by Gasteiger charge is 1.96. The Morgan fingerprint density at radius 3 is 2.62 bits per heavy atom. The van der Waals surface area contributed by atoms with E-state index in [1.165, 1.54) is 16.3 Å². The van der Waals surface area contributed by atoms with Gasteiger partial charge in [-0.3, -0.25) is 5.41 Å². The highest BCUT2D eigenvalue weighted by Crippen LogP contribution is 2.15. The van der Waals surface area contributed by atoms with E-state index in [9.17, 15) is 0 Å². The summed E-state index contributed by atoms with van der Waals surface area (Å²) < 4.78 is 0. The second-order valence-electron chi connectivity index (χ2n) is 3.81. The maximum atomic E-state index is 7.11. The lowest BCUT2D eigenvalue weighted by atomic mass is 10.1. The van der Waals surface area contributed by atoms with Crippen molar-refractivity contribution >= 4 is 16.6 Å². The third-order valence-corrected chi connectivity index (χ3v) is 2.46. The number of hydrogen-bond acceptors (Lipinski definition) is 2. The number of fused-ring (bicyclic) bond motifs is 1. The lowest BCUT2D eigenvalue weighted by Gasteiger charge is -2.05. The number of benzene rings is 2. The van der Waals surface area contributed by atoms with Crippen molar-refractivity contribution in [2.75, 3.05) is 6.54 Å². The molecular formula is C13H15N3. The zero-order valence-electron chi connectivity index (χ0n) is 9.03. The van der Waals surface area contributed by atoms with E-state index in [4.69, 9.17) is 11.1 Å². The van der Waals surface area contributed by atoms with Gasteiger partial charge >= 0.3 is 0 Å². The van der Waals surface area contributed by atoms with E-state index < -0.39 is 0 Å². The van der Waals surface area contributed by atoms with E-state index in [1.54, 1.807) is 0 Å². The van der Waals surface area contributed by atoms with E-state index in [0.717, 1.165) is 6.54 Å².